The maximum Gasteiger partial charge on any atom is 0.338 e. The van der Waals surface area contributed by atoms with Crippen molar-refractivity contribution in [2.24, 2.45) is 0 Å². The molecule has 0 fully saturated rings. The summed E-state index contributed by atoms with van der Waals surface area (Å²) in [6, 6.07) is 12.5. The van der Waals surface area contributed by atoms with Crippen LogP contribution in [0.4, 0.5) is 28.8 Å². The molecule has 0 atom stereocenters. The zero-order chi connectivity index (χ0) is 19.2. The third-order valence-electron chi connectivity index (χ3n) is 3.68. The molecule has 0 radical (unpaired) electrons. The van der Waals surface area contributed by atoms with E-state index in [2.05, 4.69) is 25.6 Å². The lowest BCUT2D eigenvalue weighted by Crippen LogP contribution is -2.07. The summed E-state index contributed by atoms with van der Waals surface area (Å²) in [5.41, 5.74) is 8.63. The third kappa shape index (κ3) is 4.49. The molecule has 138 valence electrons. The minimum absolute atomic E-state index is 0.335. The van der Waals surface area contributed by atoms with Gasteiger partial charge in [-0.1, -0.05) is 6.07 Å². The quantitative estimate of drug-likeness (QED) is 0.570. The van der Waals surface area contributed by atoms with Crippen LogP contribution in [0.2, 0.25) is 0 Å². The van der Waals surface area contributed by atoms with E-state index >= 15 is 0 Å². The van der Waals surface area contributed by atoms with Crippen LogP contribution < -0.4 is 16.4 Å². The zero-order valence-corrected chi connectivity index (χ0v) is 15.1. The largest absolute Gasteiger partial charge is 0.462 e. The number of nitrogen functional groups attached to an aromatic ring is 1. The van der Waals surface area contributed by atoms with E-state index in [1.807, 2.05) is 25.1 Å². The molecule has 0 aliphatic heterocycles. The standard InChI is InChI=1S/C19H20N6O2/c1-3-27-19(26)13-7-9-14(10-8-13)24-17-16(20)18(22-11-21-17)25-15-6-4-5-12(2)23-15/h4-11H,3,20H2,1-2H3,(H2,21,22,23,24,25). The number of hydrogen-bond acceptors (Lipinski definition) is 8. The first kappa shape index (κ1) is 18.1. The van der Waals surface area contributed by atoms with E-state index in [0.717, 1.165) is 11.4 Å². The average molecular weight is 364 g/mol. The van der Waals surface area contributed by atoms with Crippen molar-refractivity contribution in [2.75, 3.05) is 23.0 Å². The topological polar surface area (TPSA) is 115 Å². The Morgan fingerprint density at radius 3 is 2.44 bits per heavy atom. The molecule has 0 saturated carbocycles. The van der Waals surface area contributed by atoms with E-state index in [1.165, 1.54) is 6.33 Å². The third-order valence-corrected chi connectivity index (χ3v) is 3.68. The number of ether oxygens (including phenoxy) is 1. The smallest absolute Gasteiger partial charge is 0.338 e. The molecular formula is C19H20N6O2. The van der Waals surface area contributed by atoms with E-state index in [9.17, 15) is 4.79 Å². The lowest BCUT2D eigenvalue weighted by atomic mass is 10.2. The van der Waals surface area contributed by atoms with Crippen LogP contribution >= 0.6 is 0 Å². The second-order valence-electron chi connectivity index (χ2n) is 5.70. The van der Waals surface area contributed by atoms with Crippen LogP contribution in [0.3, 0.4) is 0 Å². The van der Waals surface area contributed by atoms with Crippen molar-refractivity contribution >= 4 is 34.8 Å². The maximum absolute atomic E-state index is 11.7. The summed E-state index contributed by atoms with van der Waals surface area (Å²) < 4.78 is 4.97. The van der Waals surface area contributed by atoms with Gasteiger partial charge in [0, 0.05) is 11.4 Å². The molecule has 27 heavy (non-hydrogen) atoms. The highest BCUT2D eigenvalue weighted by Gasteiger charge is 2.10. The Morgan fingerprint density at radius 1 is 1.07 bits per heavy atom. The number of pyridine rings is 1. The van der Waals surface area contributed by atoms with Crippen molar-refractivity contribution in [1.82, 2.24) is 15.0 Å². The van der Waals surface area contributed by atoms with Crippen LogP contribution in [-0.2, 0) is 4.74 Å². The minimum atomic E-state index is -0.359. The van der Waals surface area contributed by atoms with E-state index < -0.39 is 0 Å². The van der Waals surface area contributed by atoms with Crippen molar-refractivity contribution in [3.05, 3.63) is 60.0 Å². The zero-order valence-electron chi connectivity index (χ0n) is 15.1. The van der Waals surface area contributed by atoms with Crippen molar-refractivity contribution in [3.63, 3.8) is 0 Å². The number of aromatic nitrogens is 3. The van der Waals surface area contributed by atoms with Gasteiger partial charge in [0.15, 0.2) is 11.6 Å². The van der Waals surface area contributed by atoms with Crippen molar-refractivity contribution in [1.29, 1.82) is 0 Å². The molecule has 2 aromatic heterocycles. The average Bonchev–Trinajstić information content (AvgIpc) is 2.66. The van der Waals surface area contributed by atoms with Gasteiger partial charge >= 0.3 is 5.97 Å². The molecule has 0 spiro atoms. The maximum atomic E-state index is 11.7. The van der Waals surface area contributed by atoms with Gasteiger partial charge in [-0.2, -0.15) is 0 Å². The van der Waals surface area contributed by atoms with Gasteiger partial charge in [-0.25, -0.2) is 19.7 Å². The number of nitrogens with zero attached hydrogens (tertiary/aromatic N) is 3. The van der Waals surface area contributed by atoms with Gasteiger partial charge in [-0.3, -0.25) is 0 Å². The van der Waals surface area contributed by atoms with Crippen LogP contribution in [0.25, 0.3) is 0 Å². The van der Waals surface area contributed by atoms with Crippen LogP contribution in [0.5, 0.6) is 0 Å². The van der Waals surface area contributed by atoms with Crippen LogP contribution in [0, 0.1) is 6.92 Å². The SMILES string of the molecule is CCOC(=O)c1ccc(Nc2ncnc(Nc3cccc(C)n3)c2N)cc1. The van der Waals surface area contributed by atoms with Crippen molar-refractivity contribution in [2.45, 2.75) is 13.8 Å². The Bertz CT molecular complexity index is 943. The van der Waals surface area contributed by atoms with Crippen molar-refractivity contribution in [3.8, 4) is 0 Å². The lowest BCUT2D eigenvalue weighted by Gasteiger charge is -2.12. The fourth-order valence-electron chi connectivity index (χ4n) is 2.37. The molecule has 0 saturated heterocycles. The van der Waals surface area contributed by atoms with Crippen molar-refractivity contribution < 1.29 is 9.53 Å². The summed E-state index contributed by atoms with van der Waals surface area (Å²) in [6.07, 6.45) is 1.41. The van der Waals surface area contributed by atoms with Gasteiger partial charge in [-0.15, -0.1) is 0 Å². The number of aryl methyl sites for hydroxylation is 1. The molecule has 2 heterocycles. The normalized spacial score (nSPS) is 10.3. The highest BCUT2D eigenvalue weighted by atomic mass is 16.5. The second kappa shape index (κ2) is 8.13. The molecule has 3 rings (SSSR count). The number of benzene rings is 1. The number of esters is 1. The van der Waals surface area contributed by atoms with Gasteiger partial charge in [-0.05, 0) is 50.2 Å². The minimum Gasteiger partial charge on any atom is -0.462 e. The molecule has 0 aliphatic carbocycles. The number of nitrogens with two attached hydrogens (primary N) is 1. The molecule has 3 aromatic rings. The second-order valence-corrected chi connectivity index (χ2v) is 5.70. The Hall–Kier alpha value is -3.68. The first-order valence-electron chi connectivity index (χ1n) is 8.42. The van der Waals surface area contributed by atoms with Gasteiger partial charge in [0.05, 0.1) is 12.2 Å². The van der Waals surface area contributed by atoms with Gasteiger partial charge in [0.2, 0.25) is 0 Å². The molecule has 0 aliphatic rings. The number of rotatable bonds is 6. The number of nitrogens with one attached hydrogen (secondary N) is 2. The lowest BCUT2D eigenvalue weighted by molar-refractivity contribution is 0.0526. The Morgan fingerprint density at radius 2 is 1.78 bits per heavy atom. The molecular weight excluding hydrogens is 344 g/mol. The summed E-state index contributed by atoms with van der Waals surface area (Å²) in [6.45, 7) is 4.01. The fraction of sp³-hybridized carbons (Fsp3) is 0.158. The first-order valence-corrected chi connectivity index (χ1v) is 8.42. The summed E-state index contributed by atoms with van der Waals surface area (Å²) >= 11 is 0. The molecule has 0 bridgehead atoms. The van der Waals surface area contributed by atoms with Gasteiger partial charge in [0.1, 0.15) is 17.8 Å². The Balaban J connectivity index is 1.76. The summed E-state index contributed by atoms with van der Waals surface area (Å²) in [5, 5.41) is 6.21. The summed E-state index contributed by atoms with van der Waals surface area (Å²) in [5.74, 6) is 1.19. The van der Waals surface area contributed by atoms with E-state index in [0.29, 0.717) is 35.3 Å². The molecule has 0 unspecified atom stereocenters. The Kier molecular flexibility index (Phi) is 5.46. The molecule has 8 nitrogen and oxygen atoms in total. The number of anilines is 5. The predicted molar refractivity (Wildman–Crippen MR) is 104 cm³/mol. The van der Waals surface area contributed by atoms with Crippen LogP contribution in [0.15, 0.2) is 48.8 Å². The van der Waals surface area contributed by atoms with E-state index in [4.69, 9.17) is 10.5 Å². The van der Waals surface area contributed by atoms with Gasteiger partial charge in [0.25, 0.3) is 0 Å². The first-order chi connectivity index (χ1) is 13.1. The highest BCUT2D eigenvalue weighted by Crippen LogP contribution is 2.27. The summed E-state index contributed by atoms with van der Waals surface area (Å²) in [4.78, 5) is 24.4. The molecule has 1 aromatic carbocycles. The molecule has 8 heteroatoms. The van der Waals surface area contributed by atoms with E-state index in [-0.39, 0.29) is 5.97 Å². The number of carbonyl (C=O) groups excluding carboxylic acids is 1. The van der Waals surface area contributed by atoms with Crippen LogP contribution in [0.1, 0.15) is 23.0 Å². The highest BCUT2D eigenvalue weighted by molar-refractivity contribution is 5.90. The fourth-order valence-corrected chi connectivity index (χ4v) is 2.37. The monoisotopic (exact) mass is 364 g/mol. The summed E-state index contributed by atoms with van der Waals surface area (Å²) in [7, 11) is 0. The number of hydrogen-bond donors (Lipinski definition) is 3. The molecule has 4 N–H and O–H groups in total. The van der Waals surface area contributed by atoms with Crippen LogP contribution in [-0.4, -0.2) is 27.5 Å². The predicted octanol–water partition coefficient (Wildman–Crippen LogP) is 3.43. The molecule has 0 amide bonds. The van der Waals surface area contributed by atoms with Gasteiger partial charge < -0.3 is 21.1 Å². The Labute approximate surface area is 156 Å². The number of carbonyl (C=O) groups is 1. The van der Waals surface area contributed by atoms with E-state index in [1.54, 1.807) is 31.2 Å².